The number of hydrogen-bond donors (Lipinski definition) is 0. The van der Waals surface area contributed by atoms with E-state index in [1.165, 1.54) is 10.6 Å². The second kappa shape index (κ2) is 8.36. The predicted octanol–water partition coefficient (Wildman–Crippen LogP) is 3.44. The highest BCUT2D eigenvalue weighted by molar-refractivity contribution is 7.92. The van der Waals surface area contributed by atoms with Gasteiger partial charge in [0.15, 0.2) is 0 Å². The van der Waals surface area contributed by atoms with Crippen LogP contribution in [0.5, 0.6) is 0 Å². The summed E-state index contributed by atoms with van der Waals surface area (Å²) in [6.07, 6.45) is 1.19. The zero-order chi connectivity index (χ0) is 19.3. The molecule has 2 rings (SSSR count). The number of anilines is 1. The fourth-order valence-corrected chi connectivity index (χ4v) is 3.61. The summed E-state index contributed by atoms with van der Waals surface area (Å²) in [5.41, 5.74) is 3.13. The van der Waals surface area contributed by atoms with Crippen LogP contribution < -0.4 is 4.31 Å². The number of hydrogen-bond acceptors (Lipinski definition) is 3. The molecule has 0 aromatic heterocycles. The Kier molecular flexibility index (Phi) is 6.42. The first-order chi connectivity index (χ1) is 12.3. The second-order valence-corrected chi connectivity index (χ2v) is 8.19. The van der Waals surface area contributed by atoms with E-state index in [4.69, 9.17) is 0 Å². The molecule has 0 unspecified atom stereocenters. The summed E-state index contributed by atoms with van der Waals surface area (Å²) in [7, 11) is -3.45. The molecule has 2 aromatic rings. The topological polar surface area (TPSA) is 57.7 Å². The van der Waals surface area contributed by atoms with Gasteiger partial charge in [0.25, 0.3) is 5.91 Å². The van der Waals surface area contributed by atoms with Crippen molar-refractivity contribution in [3.63, 3.8) is 0 Å². The van der Waals surface area contributed by atoms with Crippen LogP contribution in [-0.4, -0.2) is 38.6 Å². The van der Waals surface area contributed by atoms with Gasteiger partial charge >= 0.3 is 0 Å². The van der Waals surface area contributed by atoms with E-state index >= 15 is 0 Å². The van der Waals surface area contributed by atoms with Gasteiger partial charge in [-0.3, -0.25) is 9.10 Å². The molecule has 0 fully saturated rings. The number of carbonyl (C=O) groups excluding carboxylic acids is 1. The number of aryl methyl sites for hydroxylation is 1. The van der Waals surface area contributed by atoms with Crippen molar-refractivity contribution in [1.29, 1.82) is 0 Å². The van der Waals surface area contributed by atoms with Crippen molar-refractivity contribution in [1.82, 2.24) is 4.90 Å². The van der Waals surface area contributed by atoms with E-state index in [9.17, 15) is 13.2 Å². The van der Waals surface area contributed by atoms with Crippen LogP contribution in [0.3, 0.4) is 0 Å². The van der Waals surface area contributed by atoms with Crippen LogP contribution in [0.15, 0.2) is 48.5 Å². The van der Waals surface area contributed by atoms with E-state index in [0.29, 0.717) is 24.3 Å². The lowest BCUT2D eigenvalue weighted by Gasteiger charge is -2.23. The molecular formula is C20H26N2O3S. The molecule has 6 heteroatoms. The van der Waals surface area contributed by atoms with Crippen molar-refractivity contribution in [3.8, 4) is 0 Å². The maximum Gasteiger partial charge on any atom is 0.253 e. The third-order valence-corrected chi connectivity index (χ3v) is 5.44. The monoisotopic (exact) mass is 374 g/mol. The van der Waals surface area contributed by atoms with Crippen LogP contribution in [-0.2, 0) is 16.6 Å². The predicted molar refractivity (Wildman–Crippen MR) is 106 cm³/mol. The minimum absolute atomic E-state index is 0.0500. The van der Waals surface area contributed by atoms with Gasteiger partial charge in [-0.15, -0.1) is 0 Å². The van der Waals surface area contributed by atoms with E-state index in [1.807, 2.05) is 45.0 Å². The van der Waals surface area contributed by atoms with Gasteiger partial charge in [0.05, 0.1) is 18.5 Å². The average Bonchev–Trinajstić information content (AvgIpc) is 2.61. The van der Waals surface area contributed by atoms with Crippen molar-refractivity contribution >= 4 is 21.6 Å². The van der Waals surface area contributed by atoms with Crippen molar-refractivity contribution in [2.24, 2.45) is 0 Å². The van der Waals surface area contributed by atoms with Gasteiger partial charge < -0.3 is 4.90 Å². The second-order valence-electron chi connectivity index (χ2n) is 6.28. The maximum absolute atomic E-state index is 12.4. The molecule has 0 radical (unpaired) electrons. The number of amides is 1. The molecule has 0 aliphatic carbocycles. The number of benzene rings is 2. The first-order valence-corrected chi connectivity index (χ1v) is 10.5. The molecule has 0 aliphatic rings. The van der Waals surface area contributed by atoms with Crippen molar-refractivity contribution in [2.75, 3.05) is 23.7 Å². The van der Waals surface area contributed by atoms with Gasteiger partial charge in [-0.1, -0.05) is 29.8 Å². The molecule has 0 saturated carbocycles. The normalized spacial score (nSPS) is 11.2. The number of carbonyl (C=O) groups is 1. The maximum atomic E-state index is 12.4. The smallest absolute Gasteiger partial charge is 0.253 e. The van der Waals surface area contributed by atoms with Crippen LogP contribution >= 0.6 is 0 Å². The largest absolute Gasteiger partial charge is 0.339 e. The molecule has 0 saturated heterocycles. The fraction of sp³-hybridized carbons (Fsp3) is 0.350. The van der Waals surface area contributed by atoms with E-state index in [2.05, 4.69) is 0 Å². The van der Waals surface area contributed by atoms with Crippen molar-refractivity contribution < 1.29 is 13.2 Å². The van der Waals surface area contributed by atoms with Crippen LogP contribution in [0.2, 0.25) is 0 Å². The standard InChI is InChI=1S/C20H26N2O3S/c1-5-21(6-2)20(23)18-11-13-19(14-12-18)22(26(4,24)25)15-17-9-7-16(3)8-10-17/h7-14H,5-6,15H2,1-4H3. The van der Waals surface area contributed by atoms with E-state index in [1.54, 1.807) is 29.2 Å². The molecule has 0 heterocycles. The Morgan fingerprint density at radius 3 is 1.92 bits per heavy atom. The van der Waals surface area contributed by atoms with E-state index in [0.717, 1.165) is 11.1 Å². The zero-order valence-corrected chi connectivity index (χ0v) is 16.6. The lowest BCUT2D eigenvalue weighted by atomic mass is 10.1. The number of nitrogens with zero attached hydrogens (tertiary/aromatic N) is 2. The lowest BCUT2D eigenvalue weighted by molar-refractivity contribution is 0.0773. The van der Waals surface area contributed by atoms with Gasteiger partial charge in [-0.2, -0.15) is 0 Å². The van der Waals surface area contributed by atoms with Gasteiger partial charge in [-0.25, -0.2) is 8.42 Å². The van der Waals surface area contributed by atoms with Gasteiger partial charge in [0, 0.05) is 18.7 Å². The summed E-state index contributed by atoms with van der Waals surface area (Å²) < 4.78 is 25.9. The third-order valence-electron chi connectivity index (χ3n) is 4.30. The van der Waals surface area contributed by atoms with E-state index in [-0.39, 0.29) is 12.5 Å². The molecule has 5 nitrogen and oxygen atoms in total. The first-order valence-electron chi connectivity index (χ1n) is 8.68. The minimum Gasteiger partial charge on any atom is -0.339 e. The molecular weight excluding hydrogens is 348 g/mol. The average molecular weight is 375 g/mol. The molecule has 0 aliphatic heterocycles. The van der Waals surface area contributed by atoms with Crippen LogP contribution in [0.4, 0.5) is 5.69 Å². The molecule has 0 spiro atoms. The van der Waals surface area contributed by atoms with Crippen molar-refractivity contribution in [2.45, 2.75) is 27.3 Å². The Bertz CT molecular complexity index is 840. The molecule has 140 valence electrons. The Hall–Kier alpha value is -2.34. The lowest BCUT2D eigenvalue weighted by Crippen LogP contribution is -2.31. The highest BCUT2D eigenvalue weighted by Gasteiger charge is 2.19. The third kappa shape index (κ3) is 4.85. The van der Waals surface area contributed by atoms with Gasteiger partial charge in [0.2, 0.25) is 10.0 Å². The molecule has 0 bridgehead atoms. The Balaban J connectivity index is 2.29. The Morgan fingerprint density at radius 1 is 0.923 bits per heavy atom. The van der Waals surface area contributed by atoms with E-state index < -0.39 is 10.0 Å². The number of sulfonamides is 1. The van der Waals surface area contributed by atoms with Gasteiger partial charge in [0.1, 0.15) is 0 Å². The quantitative estimate of drug-likeness (QED) is 0.746. The first kappa shape index (κ1) is 20.0. The summed E-state index contributed by atoms with van der Waals surface area (Å²) in [5.74, 6) is -0.0500. The van der Waals surface area contributed by atoms with Gasteiger partial charge in [-0.05, 0) is 50.6 Å². The van der Waals surface area contributed by atoms with Crippen LogP contribution in [0.25, 0.3) is 0 Å². The summed E-state index contributed by atoms with van der Waals surface area (Å²) in [6, 6.07) is 14.5. The summed E-state index contributed by atoms with van der Waals surface area (Å²) in [4.78, 5) is 14.1. The SMILES string of the molecule is CCN(CC)C(=O)c1ccc(N(Cc2ccc(C)cc2)S(C)(=O)=O)cc1. The summed E-state index contributed by atoms with van der Waals surface area (Å²) in [6.45, 7) is 7.39. The highest BCUT2D eigenvalue weighted by atomic mass is 32.2. The molecule has 0 N–H and O–H groups in total. The zero-order valence-electron chi connectivity index (χ0n) is 15.8. The summed E-state index contributed by atoms with van der Waals surface area (Å²) in [5, 5.41) is 0. The molecule has 0 atom stereocenters. The number of rotatable bonds is 7. The Morgan fingerprint density at radius 2 is 1.46 bits per heavy atom. The fourth-order valence-electron chi connectivity index (χ4n) is 2.72. The highest BCUT2D eigenvalue weighted by Crippen LogP contribution is 2.22. The molecule has 26 heavy (non-hydrogen) atoms. The van der Waals surface area contributed by atoms with Crippen LogP contribution in [0.1, 0.15) is 35.3 Å². The van der Waals surface area contributed by atoms with Crippen LogP contribution in [0, 0.1) is 6.92 Å². The molecule has 1 amide bonds. The van der Waals surface area contributed by atoms with Crippen molar-refractivity contribution in [3.05, 3.63) is 65.2 Å². The summed E-state index contributed by atoms with van der Waals surface area (Å²) >= 11 is 0. The Labute approximate surface area is 156 Å². The molecule has 2 aromatic carbocycles. The minimum atomic E-state index is -3.45.